The number of nitrogens with two attached hydrogens (primary N) is 1. The van der Waals surface area contributed by atoms with Crippen molar-refractivity contribution >= 4 is 23.4 Å². The Morgan fingerprint density at radius 1 is 1.09 bits per heavy atom. The first-order valence-corrected chi connectivity index (χ1v) is 11.7. The van der Waals surface area contributed by atoms with Crippen molar-refractivity contribution in [1.29, 1.82) is 0 Å². The summed E-state index contributed by atoms with van der Waals surface area (Å²) in [5, 5.41) is 9.14. The van der Waals surface area contributed by atoms with Gasteiger partial charge in [0, 0.05) is 18.4 Å². The third kappa shape index (κ3) is 5.10. The molecule has 0 aliphatic rings. The van der Waals surface area contributed by atoms with Crippen molar-refractivity contribution in [1.82, 2.24) is 24.3 Å². The van der Waals surface area contributed by atoms with Gasteiger partial charge in [-0.1, -0.05) is 59.8 Å². The lowest BCUT2D eigenvalue weighted by Crippen LogP contribution is -2.37. The molecule has 3 N–H and O–H groups in total. The molecule has 0 aliphatic heterocycles. The number of nitrogens with zero attached hydrogens (tertiary/aromatic N) is 4. The normalized spacial score (nSPS) is 11.0. The van der Waals surface area contributed by atoms with Gasteiger partial charge in [0.25, 0.3) is 5.56 Å². The topological polar surface area (TPSA) is 138 Å². The van der Waals surface area contributed by atoms with Crippen LogP contribution in [0.1, 0.15) is 15.9 Å². The number of benzene rings is 2. The number of rotatable bonds is 9. The number of hydrogen-bond acceptors (Lipinski definition) is 8. The minimum absolute atomic E-state index is 0.105. The van der Waals surface area contributed by atoms with Crippen LogP contribution in [0.4, 0.5) is 5.82 Å². The number of Topliss-reactive ketones (excluding diaryl/α,β-unsaturated/α-hetero) is 1. The highest BCUT2D eigenvalue weighted by Crippen LogP contribution is 2.28. The fourth-order valence-corrected chi connectivity index (χ4v) is 4.35. The van der Waals surface area contributed by atoms with Crippen LogP contribution in [0.3, 0.4) is 0 Å². The molecular weight excluding hydrogens is 468 g/mol. The van der Waals surface area contributed by atoms with Crippen LogP contribution in [0.25, 0.3) is 17.1 Å². The molecule has 0 fully saturated rings. The van der Waals surface area contributed by atoms with Gasteiger partial charge in [0.1, 0.15) is 11.4 Å². The van der Waals surface area contributed by atoms with E-state index < -0.39 is 17.0 Å². The molecule has 180 valence electrons. The molecule has 2 aromatic heterocycles. The monoisotopic (exact) mass is 492 g/mol. The number of aromatic nitrogens is 5. The van der Waals surface area contributed by atoms with Crippen LogP contribution in [0.5, 0.6) is 0 Å². The van der Waals surface area contributed by atoms with Gasteiger partial charge in [-0.25, -0.2) is 4.79 Å². The lowest BCUT2D eigenvalue weighted by Gasteiger charge is -2.12. The molecule has 2 aromatic carbocycles. The Labute approximate surface area is 204 Å². The molecule has 0 saturated carbocycles. The summed E-state index contributed by atoms with van der Waals surface area (Å²) in [7, 11) is 1.48. The Bertz CT molecular complexity index is 1460. The van der Waals surface area contributed by atoms with Crippen LogP contribution >= 0.6 is 11.8 Å². The van der Waals surface area contributed by atoms with E-state index in [1.54, 1.807) is 0 Å². The van der Waals surface area contributed by atoms with Crippen LogP contribution in [0.2, 0.25) is 0 Å². The van der Waals surface area contributed by atoms with E-state index in [0.717, 1.165) is 33.1 Å². The maximum Gasteiger partial charge on any atom is 0.330 e. The lowest BCUT2D eigenvalue weighted by atomic mass is 10.2. The first-order chi connectivity index (χ1) is 16.9. The largest absolute Gasteiger partial charge is 0.384 e. The van der Waals surface area contributed by atoms with E-state index >= 15 is 0 Å². The number of H-pyrrole nitrogens is 1. The van der Waals surface area contributed by atoms with Crippen LogP contribution in [0, 0.1) is 6.92 Å². The molecule has 0 unspecified atom stereocenters. The van der Waals surface area contributed by atoms with Gasteiger partial charge in [0.05, 0.1) is 18.9 Å². The van der Waals surface area contributed by atoms with Gasteiger partial charge in [-0.3, -0.25) is 23.7 Å². The highest BCUT2D eigenvalue weighted by atomic mass is 32.2. The number of ketones is 1. The standard InChI is InChI=1S/C24H24N6O4S/c1-15-8-10-17(11-9-15)30-21(16-6-4-3-5-7-16)27-28-24(30)35-14-18(31)19-20(25)29(12-13-34-2)23(33)26-22(19)32/h3-11H,12-14,25H2,1-2H3,(H,26,32,33). The Kier molecular flexibility index (Phi) is 7.28. The molecule has 0 atom stereocenters. The van der Waals surface area contributed by atoms with Crippen molar-refractivity contribution in [2.75, 3.05) is 25.2 Å². The number of aromatic amines is 1. The molecule has 4 rings (SSSR count). The zero-order valence-corrected chi connectivity index (χ0v) is 20.0. The van der Waals surface area contributed by atoms with E-state index in [0.29, 0.717) is 11.0 Å². The molecule has 10 nitrogen and oxygen atoms in total. The average Bonchev–Trinajstić information content (AvgIpc) is 3.27. The van der Waals surface area contributed by atoms with E-state index in [1.165, 1.54) is 7.11 Å². The Balaban J connectivity index is 1.67. The first-order valence-electron chi connectivity index (χ1n) is 10.8. The zero-order chi connectivity index (χ0) is 24.9. The van der Waals surface area contributed by atoms with Crippen molar-refractivity contribution in [3.8, 4) is 17.1 Å². The number of aryl methyl sites for hydroxylation is 1. The number of methoxy groups -OCH3 is 1. The number of ether oxygens (including phenoxy) is 1. The molecule has 0 radical (unpaired) electrons. The number of nitrogen functional groups attached to an aromatic ring is 1. The summed E-state index contributed by atoms with van der Waals surface area (Å²) in [6.45, 7) is 2.30. The van der Waals surface area contributed by atoms with Gasteiger partial charge < -0.3 is 10.5 Å². The van der Waals surface area contributed by atoms with E-state index in [9.17, 15) is 14.4 Å². The van der Waals surface area contributed by atoms with E-state index in [-0.39, 0.29) is 30.3 Å². The van der Waals surface area contributed by atoms with Gasteiger partial charge >= 0.3 is 5.69 Å². The highest BCUT2D eigenvalue weighted by molar-refractivity contribution is 7.99. The fraction of sp³-hybridized carbons (Fsp3) is 0.208. The number of anilines is 1. The maximum atomic E-state index is 13.0. The van der Waals surface area contributed by atoms with Gasteiger partial charge in [-0.05, 0) is 19.1 Å². The van der Waals surface area contributed by atoms with Crippen molar-refractivity contribution in [3.05, 3.63) is 86.6 Å². The molecular formula is C24H24N6O4S. The van der Waals surface area contributed by atoms with Crippen molar-refractivity contribution in [2.45, 2.75) is 18.6 Å². The number of thioether (sulfide) groups is 1. The van der Waals surface area contributed by atoms with Crippen molar-refractivity contribution in [2.24, 2.45) is 0 Å². The Morgan fingerprint density at radius 2 is 1.80 bits per heavy atom. The Morgan fingerprint density at radius 3 is 2.49 bits per heavy atom. The molecule has 0 bridgehead atoms. The summed E-state index contributed by atoms with van der Waals surface area (Å²) in [6, 6.07) is 17.5. The number of carbonyl (C=O) groups excluding carboxylic acids is 1. The average molecular weight is 493 g/mol. The van der Waals surface area contributed by atoms with E-state index in [4.69, 9.17) is 10.5 Å². The van der Waals surface area contributed by atoms with Gasteiger partial charge in [-0.2, -0.15) is 0 Å². The number of carbonyl (C=O) groups is 1. The second-order valence-corrected chi connectivity index (χ2v) is 8.66. The van der Waals surface area contributed by atoms with E-state index in [2.05, 4.69) is 15.2 Å². The molecule has 4 aromatic rings. The van der Waals surface area contributed by atoms with Crippen LogP contribution in [-0.2, 0) is 11.3 Å². The van der Waals surface area contributed by atoms with Gasteiger partial charge in [0.15, 0.2) is 16.8 Å². The molecule has 11 heteroatoms. The zero-order valence-electron chi connectivity index (χ0n) is 19.2. The number of hydrogen-bond donors (Lipinski definition) is 2. The molecule has 0 spiro atoms. The third-order valence-electron chi connectivity index (χ3n) is 5.33. The van der Waals surface area contributed by atoms with Crippen LogP contribution in [-0.4, -0.2) is 49.6 Å². The highest BCUT2D eigenvalue weighted by Gasteiger charge is 2.22. The molecule has 0 aliphatic carbocycles. The summed E-state index contributed by atoms with van der Waals surface area (Å²) in [5.74, 6) is -0.227. The summed E-state index contributed by atoms with van der Waals surface area (Å²) < 4.78 is 7.96. The maximum absolute atomic E-state index is 13.0. The molecule has 2 heterocycles. The van der Waals surface area contributed by atoms with Crippen LogP contribution < -0.4 is 17.0 Å². The first kappa shape index (κ1) is 24.2. The second-order valence-electron chi connectivity index (χ2n) is 7.72. The van der Waals surface area contributed by atoms with Crippen molar-refractivity contribution < 1.29 is 9.53 Å². The van der Waals surface area contributed by atoms with Gasteiger partial charge in [-0.15, -0.1) is 10.2 Å². The minimum Gasteiger partial charge on any atom is -0.384 e. The molecule has 0 amide bonds. The fourth-order valence-electron chi connectivity index (χ4n) is 3.53. The SMILES string of the molecule is COCCn1c(N)c(C(=O)CSc2nnc(-c3ccccc3)n2-c2ccc(C)cc2)c(=O)[nH]c1=O. The third-order valence-corrected chi connectivity index (χ3v) is 6.26. The molecule has 35 heavy (non-hydrogen) atoms. The number of nitrogens with one attached hydrogen (secondary N) is 1. The smallest absolute Gasteiger partial charge is 0.330 e. The molecule has 0 saturated heterocycles. The summed E-state index contributed by atoms with van der Waals surface area (Å²) in [5.41, 5.74) is 7.05. The summed E-state index contributed by atoms with van der Waals surface area (Å²) >= 11 is 1.13. The summed E-state index contributed by atoms with van der Waals surface area (Å²) in [6.07, 6.45) is 0. The second kappa shape index (κ2) is 10.5. The van der Waals surface area contributed by atoms with E-state index in [1.807, 2.05) is 66.1 Å². The van der Waals surface area contributed by atoms with Gasteiger partial charge in [0.2, 0.25) is 0 Å². The van der Waals surface area contributed by atoms with Crippen molar-refractivity contribution in [3.63, 3.8) is 0 Å². The minimum atomic E-state index is -0.822. The lowest BCUT2D eigenvalue weighted by molar-refractivity contribution is 0.102. The Hall–Kier alpha value is -3.96. The predicted molar refractivity (Wildman–Crippen MR) is 134 cm³/mol. The quantitative estimate of drug-likeness (QED) is 0.268. The predicted octanol–water partition coefficient (Wildman–Crippen LogP) is 2.30. The summed E-state index contributed by atoms with van der Waals surface area (Å²) in [4.78, 5) is 39.7. The van der Waals surface area contributed by atoms with Crippen LogP contribution in [0.15, 0.2) is 69.3 Å².